The molecule has 1 aromatic heterocycles. The van der Waals surface area contributed by atoms with E-state index in [2.05, 4.69) is 15.2 Å². The number of aromatic nitrogens is 3. The second kappa shape index (κ2) is 6.80. The van der Waals surface area contributed by atoms with Crippen molar-refractivity contribution in [2.75, 3.05) is 31.1 Å². The molecule has 2 aromatic rings. The van der Waals surface area contributed by atoms with Gasteiger partial charge in [-0.15, -0.1) is 5.10 Å². The highest BCUT2D eigenvalue weighted by Crippen LogP contribution is 2.26. The van der Waals surface area contributed by atoms with Crippen molar-refractivity contribution in [2.45, 2.75) is 6.92 Å². The van der Waals surface area contributed by atoms with Gasteiger partial charge in [0.25, 0.3) is 5.88 Å². The van der Waals surface area contributed by atoms with Crippen molar-refractivity contribution < 1.29 is 19.4 Å². The highest BCUT2D eigenvalue weighted by Gasteiger charge is 2.21. The van der Waals surface area contributed by atoms with Crippen LogP contribution in [0.1, 0.15) is 17.4 Å². The van der Waals surface area contributed by atoms with E-state index in [-0.39, 0.29) is 17.5 Å². The molecule has 1 saturated heterocycles. The number of nitrogens with zero attached hydrogens (tertiary/aromatic N) is 5. The summed E-state index contributed by atoms with van der Waals surface area (Å²) in [6.07, 6.45) is 0. The number of ether oxygens (including phenoxy) is 1. The molecule has 2 heterocycles. The summed E-state index contributed by atoms with van der Waals surface area (Å²) in [5.41, 5.74) is 0.795. The summed E-state index contributed by atoms with van der Waals surface area (Å²) < 4.78 is 6.89. The maximum Gasteiger partial charge on any atom is 0.362 e. The molecule has 1 aliphatic rings. The average Bonchev–Trinajstić information content (AvgIpc) is 2.97. The highest BCUT2D eigenvalue weighted by atomic mass is 16.5. The Kier molecular flexibility index (Phi) is 4.55. The monoisotopic (exact) mass is 345 g/mol. The Morgan fingerprint density at radius 1 is 1.12 bits per heavy atom. The van der Waals surface area contributed by atoms with Crippen LogP contribution in [0.3, 0.4) is 0 Å². The number of rotatable bonds is 4. The molecule has 1 amide bonds. The number of carboxylic acid groups (broad SMARTS) is 1. The van der Waals surface area contributed by atoms with Gasteiger partial charge in [-0.3, -0.25) is 4.79 Å². The number of hydrogen-bond acceptors (Lipinski definition) is 6. The van der Waals surface area contributed by atoms with Gasteiger partial charge in [0, 0.05) is 45.8 Å². The lowest BCUT2D eigenvalue weighted by molar-refractivity contribution is -0.129. The van der Waals surface area contributed by atoms with Gasteiger partial charge in [-0.1, -0.05) is 5.21 Å². The summed E-state index contributed by atoms with van der Waals surface area (Å²) in [6, 6.07) is 7.35. The Bertz CT molecular complexity index is 778. The molecule has 0 spiro atoms. The predicted molar refractivity (Wildman–Crippen MR) is 88.9 cm³/mol. The normalized spacial score (nSPS) is 14.5. The fourth-order valence-electron chi connectivity index (χ4n) is 2.71. The number of piperazine rings is 1. The van der Waals surface area contributed by atoms with Gasteiger partial charge in [-0.05, 0) is 24.3 Å². The van der Waals surface area contributed by atoms with Crippen molar-refractivity contribution in [3.63, 3.8) is 0 Å². The van der Waals surface area contributed by atoms with Crippen LogP contribution in [0.4, 0.5) is 5.69 Å². The lowest BCUT2D eigenvalue weighted by Crippen LogP contribution is -2.48. The Morgan fingerprint density at radius 2 is 1.76 bits per heavy atom. The first kappa shape index (κ1) is 16.7. The van der Waals surface area contributed by atoms with E-state index in [0.717, 1.165) is 18.8 Å². The van der Waals surface area contributed by atoms with Crippen molar-refractivity contribution in [2.24, 2.45) is 7.05 Å². The molecule has 0 unspecified atom stereocenters. The SMILES string of the molecule is CC(=O)N1CCN(c2ccc(Oc3c(C(=O)O)nnn3C)cc2)CC1. The minimum absolute atomic E-state index is 0.0790. The Labute approximate surface area is 144 Å². The lowest BCUT2D eigenvalue weighted by Gasteiger charge is -2.35. The zero-order chi connectivity index (χ0) is 18.0. The second-order valence-electron chi connectivity index (χ2n) is 5.76. The molecule has 9 nitrogen and oxygen atoms in total. The zero-order valence-electron chi connectivity index (χ0n) is 14.0. The minimum Gasteiger partial charge on any atom is -0.476 e. The Hall–Kier alpha value is -3.10. The molecular formula is C16H19N5O4. The summed E-state index contributed by atoms with van der Waals surface area (Å²) in [5.74, 6) is -0.514. The third kappa shape index (κ3) is 3.54. The van der Waals surface area contributed by atoms with Crippen molar-refractivity contribution in [3.8, 4) is 11.6 Å². The van der Waals surface area contributed by atoms with Crippen LogP contribution >= 0.6 is 0 Å². The number of aryl methyl sites for hydroxylation is 1. The van der Waals surface area contributed by atoms with Crippen LogP contribution in [0, 0.1) is 0 Å². The molecule has 0 saturated carbocycles. The molecule has 132 valence electrons. The largest absolute Gasteiger partial charge is 0.476 e. The number of hydrogen-bond donors (Lipinski definition) is 1. The smallest absolute Gasteiger partial charge is 0.362 e. The molecular weight excluding hydrogens is 326 g/mol. The number of benzene rings is 1. The van der Waals surface area contributed by atoms with E-state index in [1.54, 1.807) is 26.1 Å². The number of carbonyl (C=O) groups is 2. The van der Waals surface area contributed by atoms with Crippen LogP contribution < -0.4 is 9.64 Å². The van der Waals surface area contributed by atoms with Gasteiger partial charge in [0.05, 0.1) is 0 Å². The molecule has 0 radical (unpaired) electrons. The number of amides is 1. The van der Waals surface area contributed by atoms with E-state index in [1.807, 2.05) is 17.0 Å². The van der Waals surface area contributed by atoms with Gasteiger partial charge < -0.3 is 19.6 Å². The minimum atomic E-state index is -1.19. The van der Waals surface area contributed by atoms with Gasteiger partial charge in [-0.2, -0.15) is 0 Å². The van der Waals surface area contributed by atoms with Crippen LogP contribution in [0.5, 0.6) is 11.6 Å². The van der Waals surface area contributed by atoms with E-state index in [4.69, 9.17) is 9.84 Å². The van der Waals surface area contributed by atoms with Crippen LogP contribution in [-0.4, -0.2) is 63.1 Å². The zero-order valence-corrected chi connectivity index (χ0v) is 14.0. The lowest BCUT2D eigenvalue weighted by atomic mass is 10.2. The maximum atomic E-state index is 11.4. The summed E-state index contributed by atoms with van der Waals surface area (Å²) >= 11 is 0. The molecule has 0 aliphatic carbocycles. The predicted octanol–water partition coefficient (Wildman–Crippen LogP) is 0.974. The third-order valence-corrected chi connectivity index (χ3v) is 4.12. The quantitative estimate of drug-likeness (QED) is 0.881. The molecule has 0 bridgehead atoms. The molecule has 1 aromatic carbocycles. The molecule has 3 rings (SSSR count). The van der Waals surface area contributed by atoms with Gasteiger partial charge >= 0.3 is 5.97 Å². The van der Waals surface area contributed by atoms with Gasteiger partial charge in [0.15, 0.2) is 0 Å². The molecule has 1 N–H and O–H groups in total. The maximum absolute atomic E-state index is 11.4. The third-order valence-electron chi connectivity index (χ3n) is 4.12. The molecule has 9 heteroatoms. The average molecular weight is 345 g/mol. The molecule has 0 atom stereocenters. The van der Waals surface area contributed by atoms with Crippen LogP contribution in [-0.2, 0) is 11.8 Å². The summed E-state index contributed by atoms with van der Waals surface area (Å²) in [4.78, 5) is 26.5. The van der Waals surface area contributed by atoms with E-state index in [1.165, 1.54) is 4.68 Å². The molecule has 25 heavy (non-hydrogen) atoms. The summed E-state index contributed by atoms with van der Waals surface area (Å²) in [5, 5.41) is 16.3. The first-order valence-electron chi connectivity index (χ1n) is 7.87. The van der Waals surface area contributed by atoms with Crippen LogP contribution in [0.25, 0.3) is 0 Å². The van der Waals surface area contributed by atoms with Crippen molar-refractivity contribution in [1.29, 1.82) is 0 Å². The highest BCUT2D eigenvalue weighted by molar-refractivity contribution is 5.87. The van der Waals surface area contributed by atoms with Crippen molar-refractivity contribution >= 4 is 17.6 Å². The van der Waals surface area contributed by atoms with E-state index < -0.39 is 5.97 Å². The molecule has 1 fully saturated rings. The van der Waals surface area contributed by atoms with Gasteiger partial charge in [0.1, 0.15) is 5.75 Å². The second-order valence-corrected chi connectivity index (χ2v) is 5.76. The fourth-order valence-corrected chi connectivity index (χ4v) is 2.71. The first-order valence-corrected chi connectivity index (χ1v) is 7.87. The summed E-state index contributed by atoms with van der Waals surface area (Å²) in [7, 11) is 1.57. The van der Waals surface area contributed by atoms with Crippen LogP contribution in [0.2, 0.25) is 0 Å². The standard InChI is InChI=1S/C16H19N5O4/c1-11(22)20-7-9-21(10-8-20)12-3-5-13(6-4-12)25-15-14(16(23)24)17-18-19(15)2/h3-6H,7-10H2,1-2H3,(H,23,24). The van der Waals surface area contributed by atoms with E-state index in [0.29, 0.717) is 18.8 Å². The Morgan fingerprint density at radius 3 is 2.32 bits per heavy atom. The van der Waals surface area contributed by atoms with E-state index >= 15 is 0 Å². The topological polar surface area (TPSA) is 101 Å². The van der Waals surface area contributed by atoms with Crippen LogP contribution in [0.15, 0.2) is 24.3 Å². The number of carbonyl (C=O) groups excluding carboxylic acids is 1. The number of anilines is 1. The van der Waals surface area contributed by atoms with Crippen molar-refractivity contribution in [3.05, 3.63) is 30.0 Å². The first-order chi connectivity index (χ1) is 12.0. The van der Waals surface area contributed by atoms with Gasteiger partial charge in [0.2, 0.25) is 11.6 Å². The summed E-state index contributed by atoms with van der Waals surface area (Å²) in [6.45, 7) is 4.54. The van der Waals surface area contributed by atoms with E-state index in [9.17, 15) is 9.59 Å². The number of carboxylic acids is 1. The fraction of sp³-hybridized carbons (Fsp3) is 0.375. The Balaban J connectivity index is 1.68. The number of aromatic carboxylic acids is 1. The molecule has 1 aliphatic heterocycles. The van der Waals surface area contributed by atoms with Crippen molar-refractivity contribution in [1.82, 2.24) is 19.9 Å². The van der Waals surface area contributed by atoms with Gasteiger partial charge in [-0.25, -0.2) is 9.48 Å².